The Hall–Kier alpha value is -2.60. The molecule has 0 bridgehead atoms. The molecule has 0 unspecified atom stereocenters. The molecular formula is C24H30N4OS. The number of nitrogens with zero attached hydrogens (tertiary/aromatic N) is 3. The van der Waals surface area contributed by atoms with Crippen LogP contribution in [0.5, 0.6) is 0 Å². The van der Waals surface area contributed by atoms with Crippen LogP contribution in [-0.4, -0.2) is 26.4 Å². The predicted molar refractivity (Wildman–Crippen MR) is 126 cm³/mol. The van der Waals surface area contributed by atoms with Crippen molar-refractivity contribution in [3.63, 3.8) is 0 Å². The third kappa shape index (κ3) is 6.20. The lowest BCUT2D eigenvalue weighted by atomic mass is 10.1. The third-order valence-electron chi connectivity index (χ3n) is 4.97. The van der Waals surface area contributed by atoms with Gasteiger partial charge in [-0.05, 0) is 29.3 Å². The second kappa shape index (κ2) is 11.6. The zero-order valence-corrected chi connectivity index (χ0v) is 18.5. The summed E-state index contributed by atoms with van der Waals surface area (Å²) >= 11 is 1.42. The van der Waals surface area contributed by atoms with Gasteiger partial charge < -0.3 is 9.88 Å². The standard InChI is InChI=1S/C24H30N4OS/c1-3-5-6-7-8-13-22-26-27-24(28(22)16-4-2)30-18-23(29)25-21-15-14-19-11-9-10-12-20(19)17-21/h4,9-12,14-15,17H,2-3,5-8,13,16,18H2,1H3,(H,25,29). The summed E-state index contributed by atoms with van der Waals surface area (Å²) in [6.45, 7) is 6.73. The van der Waals surface area contributed by atoms with Crippen molar-refractivity contribution in [3.05, 3.63) is 60.9 Å². The van der Waals surface area contributed by atoms with Gasteiger partial charge in [-0.25, -0.2) is 0 Å². The molecule has 6 heteroatoms. The number of fused-ring (bicyclic) bond motifs is 1. The maximum Gasteiger partial charge on any atom is 0.234 e. The molecule has 1 N–H and O–H groups in total. The summed E-state index contributed by atoms with van der Waals surface area (Å²) < 4.78 is 2.07. The van der Waals surface area contributed by atoms with E-state index in [1.807, 2.05) is 42.5 Å². The number of carbonyl (C=O) groups is 1. The largest absolute Gasteiger partial charge is 0.325 e. The normalized spacial score (nSPS) is 11.0. The summed E-state index contributed by atoms with van der Waals surface area (Å²) in [5.74, 6) is 1.21. The molecule has 3 rings (SSSR count). The van der Waals surface area contributed by atoms with Gasteiger partial charge in [-0.2, -0.15) is 0 Å². The Morgan fingerprint density at radius 2 is 1.90 bits per heavy atom. The molecule has 2 aromatic carbocycles. The molecule has 0 aliphatic carbocycles. The number of thioether (sulfide) groups is 1. The van der Waals surface area contributed by atoms with Gasteiger partial charge in [0, 0.05) is 18.7 Å². The van der Waals surface area contributed by atoms with Crippen LogP contribution in [0.2, 0.25) is 0 Å². The van der Waals surface area contributed by atoms with E-state index < -0.39 is 0 Å². The van der Waals surface area contributed by atoms with E-state index in [0.717, 1.165) is 40.3 Å². The molecule has 0 saturated carbocycles. The van der Waals surface area contributed by atoms with Crippen LogP contribution in [-0.2, 0) is 17.8 Å². The Balaban J connectivity index is 1.55. The molecule has 0 radical (unpaired) electrons. The molecule has 0 fully saturated rings. The van der Waals surface area contributed by atoms with Crippen LogP contribution in [0.1, 0.15) is 44.9 Å². The van der Waals surface area contributed by atoms with Crippen molar-refractivity contribution < 1.29 is 4.79 Å². The monoisotopic (exact) mass is 422 g/mol. The number of anilines is 1. The fourth-order valence-electron chi connectivity index (χ4n) is 3.40. The number of benzene rings is 2. The Morgan fingerprint density at radius 1 is 1.10 bits per heavy atom. The van der Waals surface area contributed by atoms with Gasteiger partial charge in [-0.15, -0.1) is 16.8 Å². The molecule has 3 aromatic rings. The van der Waals surface area contributed by atoms with Gasteiger partial charge in [0.1, 0.15) is 5.82 Å². The first-order valence-corrected chi connectivity index (χ1v) is 11.6. The molecule has 0 atom stereocenters. The molecule has 5 nitrogen and oxygen atoms in total. The molecule has 0 aliphatic heterocycles. The summed E-state index contributed by atoms with van der Waals surface area (Å²) in [6, 6.07) is 14.1. The van der Waals surface area contributed by atoms with E-state index in [0.29, 0.717) is 12.3 Å². The van der Waals surface area contributed by atoms with Crippen molar-refractivity contribution in [1.29, 1.82) is 0 Å². The minimum absolute atomic E-state index is 0.0513. The van der Waals surface area contributed by atoms with E-state index in [2.05, 4.69) is 39.7 Å². The molecule has 0 spiro atoms. The van der Waals surface area contributed by atoms with E-state index in [9.17, 15) is 4.79 Å². The predicted octanol–water partition coefficient (Wildman–Crippen LogP) is 5.86. The van der Waals surface area contributed by atoms with Crippen molar-refractivity contribution in [3.8, 4) is 0 Å². The quantitative estimate of drug-likeness (QED) is 0.226. The summed E-state index contributed by atoms with van der Waals surface area (Å²) in [5, 5.41) is 14.7. The lowest BCUT2D eigenvalue weighted by Crippen LogP contribution is -2.14. The fourth-order valence-corrected chi connectivity index (χ4v) is 4.17. The second-order valence-electron chi connectivity index (χ2n) is 7.36. The van der Waals surface area contributed by atoms with Crippen LogP contribution in [0, 0.1) is 0 Å². The molecule has 30 heavy (non-hydrogen) atoms. The number of aryl methyl sites for hydroxylation is 1. The van der Waals surface area contributed by atoms with Crippen molar-refractivity contribution in [1.82, 2.24) is 14.8 Å². The van der Waals surface area contributed by atoms with Gasteiger partial charge in [-0.3, -0.25) is 4.79 Å². The zero-order valence-electron chi connectivity index (χ0n) is 17.6. The summed E-state index contributed by atoms with van der Waals surface area (Å²) in [6.07, 6.45) is 8.88. The smallest absolute Gasteiger partial charge is 0.234 e. The van der Waals surface area contributed by atoms with E-state index in [-0.39, 0.29) is 5.91 Å². The van der Waals surface area contributed by atoms with Crippen LogP contribution >= 0.6 is 11.8 Å². The van der Waals surface area contributed by atoms with Gasteiger partial charge >= 0.3 is 0 Å². The Labute approximate surface area is 183 Å². The van der Waals surface area contributed by atoms with Crippen LogP contribution in [0.4, 0.5) is 5.69 Å². The minimum Gasteiger partial charge on any atom is -0.325 e. The number of amides is 1. The highest BCUT2D eigenvalue weighted by atomic mass is 32.2. The van der Waals surface area contributed by atoms with Gasteiger partial charge in [0.25, 0.3) is 0 Å². The molecular weight excluding hydrogens is 392 g/mol. The van der Waals surface area contributed by atoms with Gasteiger partial charge in [0.15, 0.2) is 5.16 Å². The van der Waals surface area contributed by atoms with Crippen LogP contribution in [0.3, 0.4) is 0 Å². The third-order valence-corrected chi connectivity index (χ3v) is 5.94. The molecule has 0 aliphatic rings. The SMILES string of the molecule is C=CCn1c(CCCCCCC)nnc1SCC(=O)Nc1ccc2ccccc2c1. The number of unbranched alkanes of at least 4 members (excludes halogenated alkanes) is 4. The van der Waals surface area contributed by atoms with E-state index in [1.54, 1.807) is 0 Å². The molecule has 1 amide bonds. The lowest BCUT2D eigenvalue weighted by Gasteiger charge is -2.09. The maximum absolute atomic E-state index is 12.5. The Kier molecular flexibility index (Phi) is 8.51. The number of carbonyl (C=O) groups excluding carboxylic acids is 1. The maximum atomic E-state index is 12.5. The first-order valence-electron chi connectivity index (χ1n) is 10.7. The van der Waals surface area contributed by atoms with Crippen LogP contribution in [0.25, 0.3) is 10.8 Å². The number of nitrogens with one attached hydrogen (secondary N) is 1. The van der Waals surface area contributed by atoms with Crippen molar-refractivity contribution in [2.24, 2.45) is 0 Å². The fraction of sp³-hybridized carbons (Fsp3) is 0.375. The Bertz CT molecular complexity index is 982. The highest BCUT2D eigenvalue weighted by molar-refractivity contribution is 7.99. The van der Waals surface area contributed by atoms with E-state index in [4.69, 9.17) is 0 Å². The minimum atomic E-state index is -0.0513. The summed E-state index contributed by atoms with van der Waals surface area (Å²) in [5.41, 5.74) is 0.805. The van der Waals surface area contributed by atoms with Crippen LogP contribution in [0.15, 0.2) is 60.3 Å². The van der Waals surface area contributed by atoms with Crippen molar-refractivity contribution >= 4 is 34.1 Å². The Morgan fingerprint density at radius 3 is 2.70 bits per heavy atom. The number of hydrogen-bond donors (Lipinski definition) is 1. The average molecular weight is 423 g/mol. The molecule has 1 aromatic heterocycles. The number of rotatable bonds is 12. The van der Waals surface area contributed by atoms with Crippen molar-refractivity contribution in [2.45, 2.75) is 57.1 Å². The first-order chi connectivity index (χ1) is 14.7. The van der Waals surface area contributed by atoms with E-state index >= 15 is 0 Å². The van der Waals surface area contributed by atoms with Gasteiger partial charge in [0.2, 0.25) is 5.91 Å². The summed E-state index contributed by atoms with van der Waals surface area (Å²) in [4.78, 5) is 12.5. The number of aromatic nitrogens is 3. The highest BCUT2D eigenvalue weighted by Gasteiger charge is 2.13. The number of allylic oxidation sites excluding steroid dienone is 1. The van der Waals surface area contributed by atoms with Gasteiger partial charge in [-0.1, -0.05) is 80.8 Å². The first kappa shape index (κ1) is 22.1. The highest BCUT2D eigenvalue weighted by Crippen LogP contribution is 2.21. The lowest BCUT2D eigenvalue weighted by molar-refractivity contribution is -0.113. The molecule has 158 valence electrons. The molecule has 1 heterocycles. The van der Waals surface area contributed by atoms with E-state index in [1.165, 1.54) is 37.4 Å². The van der Waals surface area contributed by atoms with Gasteiger partial charge in [0.05, 0.1) is 5.75 Å². The van der Waals surface area contributed by atoms with Crippen LogP contribution < -0.4 is 5.32 Å². The topological polar surface area (TPSA) is 59.8 Å². The average Bonchev–Trinajstić information content (AvgIpc) is 3.14. The summed E-state index contributed by atoms with van der Waals surface area (Å²) in [7, 11) is 0. The zero-order chi connectivity index (χ0) is 21.2. The molecule has 0 saturated heterocycles. The number of hydrogen-bond acceptors (Lipinski definition) is 4. The van der Waals surface area contributed by atoms with Crippen molar-refractivity contribution in [2.75, 3.05) is 11.1 Å². The second-order valence-corrected chi connectivity index (χ2v) is 8.30.